The third-order valence-corrected chi connectivity index (χ3v) is 7.64. The molecule has 30 heavy (non-hydrogen) atoms. The van der Waals surface area contributed by atoms with Gasteiger partial charge in [-0.25, -0.2) is 0 Å². The minimum atomic E-state index is -0.583. The predicted molar refractivity (Wildman–Crippen MR) is 125 cm³/mol. The molecule has 1 aromatic rings. The quantitative estimate of drug-likeness (QED) is 0.272. The van der Waals surface area contributed by atoms with Gasteiger partial charge >= 0.3 is 0 Å². The summed E-state index contributed by atoms with van der Waals surface area (Å²) in [6.07, 6.45) is 11.7. The van der Waals surface area contributed by atoms with Crippen molar-refractivity contribution in [1.29, 1.82) is 0 Å². The summed E-state index contributed by atoms with van der Waals surface area (Å²) in [5, 5.41) is 40.9. The first kappa shape index (κ1) is 25.6. The fourth-order valence-corrected chi connectivity index (χ4v) is 5.30. The molecular weight excluding hydrogens is 420 g/mol. The number of allylic oxidation sites excluding steroid dienone is 2. The van der Waals surface area contributed by atoms with Gasteiger partial charge in [-0.1, -0.05) is 42.8 Å². The minimum Gasteiger partial charge on any atom is -0.396 e. The van der Waals surface area contributed by atoms with E-state index < -0.39 is 18.3 Å². The Bertz CT molecular complexity index is 667. The highest BCUT2D eigenvalue weighted by molar-refractivity contribution is 7.12. The normalized spacial score (nSPS) is 26.8. The number of aliphatic hydroxyl groups is 4. The number of hydrogen-bond donors (Lipinski definition) is 4. The summed E-state index contributed by atoms with van der Waals surface area (Å²) in [6, 6.07) is 1.96. The lowest BCUT2D eigenvalue weighted by atomic mass is 9.89. The second-order valence-corrected chi connectivity index (χ2v) is 10.4. The Morgan fingerprint density at radius 1 is 1.23 bits per heavy atom. The van der Waals surface area contributed by atoms with Gasteiger partial charge in [0.05, 0.1) is 23.3 Å². The number of aryl methyl sites for hydroxylation is 2. The van der Waals surface area contributed by atoms with Crippen molar-refractivity contribution in [3.63, 3.8) is 0 Å². The Kier molecular flexibility index (Phi) is 11.1. The molecule has 4 nitrogen and oxygen atoms in total. The van der Waals surface area contributed by atoms with E-state index in [2.05, 4.69) is 12.2 Å². The molecule has 2 rings (SSSR count). The smallest absolute Gasteiger partial charge is 0.0724 e. The average molecular weight is 457 g/mol. The first-order chi connectivity index (χ1) is 14.3. The molecule has 1 aliphatic carbocycles. The van der Waals surface area contributed by atoms with Crippen LogP contribution in [0.15, 0.2) is 30.4 Å². The van der Waals surface area contributed by atoms with Gasteiger partial charge < -0.3 is 20.4 Å². The van der Waals surface area contributed by atoms with Crippen LogP contribution in [0.4, 0.5) is 0 Å². The van der Waals surface area contributed by atoms with Crippen molar-refractivity contribution in [2.24, 2.45) is 17.8 Å². The van der Waals surface area contributed by atoms with Crippen LogP contribution in [0.5, 0.6) is 0 Å². The van der Waals surface area contributed by atoms with E-state index in [1.54, 1.807) is 17.4 Å². The first-order valence-corrected chi connectivity index (χ1v) is 12.2. The van der Waals surface area contributed by atoms with Gasteiger partial charge in [0, 0.05) is 28.7 Å². The summed E-state index contributed by atoms with van der Waals surface area (Å²) in [4.78, 5) is 2.26. The van der Waals surface area contributed by atoms with Crippen molar-refractivity contribution in [2.75, 3.05) is 6.61 Å². The zero-order chi connectivity index (χ0) is 22.1. The number of halogens is 1. The molecule has 6 atom stereocenters. The van der Waals surface area contributed by atoms with Crippen molar-refractivity contribution in [3.05, 3.63) is 45.1 Å². The average Bonchev–Trinajstić information content (AvgIpc) is 3.17. The van der Waals surface area contributed by atoms with Crippen LogP contribution in [-0.4, -0.2) is 45.3 Å². The zero-order valence-electron chi connectivity index (χ0n) is 18.1. The van der Waals surface area contributed by atoms with Crippen molar-refractivity contribution >= 4 is 22.9 Å². The summed E-state index contributed by atoms with van der Waals surface area (Å²) < 4.78 is 0. The van der Waals surface area contributed by atoms with E-state index in [1.807, 2.05) is 26.0 Å². The first-order valence-electron chi connectivity index (χ1n) is 11.0. The Labute approximate surface area is 189 Å². The third kappa shape index (κ3) is 8.10. The highest BCUT2D eigenvalue weighted by atomic mass is 35.5. The SMILES string of the molecule is Cc1sc(CCC(O)/C=C/C2C(O)CC(O)C2C/C=C/CCCC(C)CO)cc1Cl. The van der Waals surface area contributed by atoms with Crippen molar-refractivity contribution in [3.8, 4) is 0 Å². The molecule has 1 heterocycles. The van der Waals surface area contributed by atoms with Gasteiger partial charge in [0.25, 0.3) is 0 Å². The van der Waals surface area contributed by atoms with Gasteiger partial charge in [-0.15, -0.1) is 11.3 Å². The van der Waals surface area contributed by atoms with E-state index in [-0.39, 0.29) is 18.4 Å². The standard InChI is InChI=1S/C24H37ClO4S/c1-16(15-26)7-5-3-4-6-8-20-21(24(29)14-23(20)28)12-10-18(27)9-11-19-13-22(25)17(2)30-19/h4,6,10,12-13,16,18,20-21,23-24,26-29H,3,5,7-9,11,14-15H2,1-2H3/b6-4+,12-10+. The summed E-state index contributed by atoms with van der Waals surface area (Å²) >= 11 is 7.75. The Hall–Kier alpha value is -0.690. The molecule has 1 fully saturated rings. The van der Waals surface area contributed by atoms with E-state index >= 15 is 0 Å². The lowest BCUT2D eigenvalue weighted by Gasteiger charge is -2.19. The highest BCUT2D eigenvalue weighted by Gasteiger charge is 2.39. The molecule has 1 saturated carbocycles. The second kappa shape index (κ2) is 13.0. The number of aliphatic hydroxyl groups excluding tert-OH is 4. The van der Waals surface area contributed by atoms with Crippen LogP contribution >= 0.6 is 22.9 Å². The zero-order valence-corrected chi connectivity index (χ0v) is 19.7. The molecule has 0 saturated heterocycles. The minimum absolute atomic E-state index is 0.0326. The molecule has 170 valence electrons. The summed E-state index contributed by atoms with van der Waals surface area (Å²) in [5.74, 6) is 0.161. The molecule has 0 radical (unpaired) electrons. The van der Waals surface area contributed by atoms with Crippen LogP contribution < -0.4 is 0 Å². The Balaban J connectivity index is 1.81. The van der Waals surface area contributed by atoms with Gasteiger partial charge in [0.2, 0.25) is 0 Å². The molecule has 1 aromatic heterocycles. The van der Waals surface area contributed by atoms with E-state index in [0.717, 1.165) is 40.5 Å². The Morgan fingerprint density at radius 2 is 2.00 bits per heavy atom. The maximum atomic E-state index is 10.4. The van der Waals surface area contributed by atoms with Crippen LogP contribution in [0.2, 0.25) is 5.02 Å². The van der Waals surface area contributed by atoms with Gasteiger partial charge in [0.1, 0.15) is 0 Å². The largest absolute Gasteiger partial charge is 0.396 e. The van der Waals surface area contributed by atoms with Crippen molar-refractivity contribution in [1.82, 2.24) is 0 Å². The van der Waals surface area contributed by atoms with Crippen LogP contribution in [0, 0.1) is 24.7 Å². The van der Waals surface area contributed by atoms with Crippen LogP contribution in [0.25, 0.3) is 0 Å². The van der Waals surface area contributed by atoms with E-state index in [1.165, 1.54) is 0 Å². The topological polar surface area (TPSA) is 80.9 Å². The maximum absolute atomic E-state index is 10.4. The van der Waals surface area contributed by atoms with Crippen molar-refractivity contribution < 1.29 is 20.4 Å². The maximum Gasteiger partial charge on any atom is 0.0724 e. The number of hydrogen-bond acceptors (Lipinski definition) is 5. The Morgan fingerprint density at radius 3 is 2.67 bits per heavy atom. The highest BCUT2D eigenvalue weighted by Crippen LogP contribution is 2.36. The molecule has 1 aliphatic rings. The lowest BCUT2D eigenvalue weighted by Crippen LogP contribution is -2.20. The number of unbranched alkanes of at least 4 members (excludes halogenated alkanes) is 1. The monoisotopic (exact) mass is 456 g/mol. The second-order valence-electron chi connectivity index (χ2n) is 8.65. The lowest BCUT2D eigenvalue weighted by molar-refractivity contribution is 0.120. The van der Waals surface area contributed by atoms with Gasteiger partial charge in [0.15, 0.2) is 0 Å². The van der Waals surface area contributed by atoms with Crippen LogP contribution in [-0.2, 0) is 6.42 Å². The molecule has 4 N–H and O–H groups in total. The predicted octanol–water partition coefficient (Wildman–Crippen LogP) is 4.66. The molecular formula is C24H37ClO4S. The fraction of sp³-hybridized carbons (Fsp3) is 0.667. The van der Waals surface area contributed by atoms with E-state index in [0.29, 0.717) is 25.2 Å². The summed E-state index contributed by atoms with van der Waals surface area (Å²) in [6.45, 7) is 4.27. The van der Waals surface area contributed by atoms with Crippen LogP contribution in [0.1, 0.15) is 55.2 Å². The number of rotatable bonds is 12. The van der Waals surface area contributed by atoms with Crippen molar-refractivity contribution in [2.45, 2.75) is 77.1 Å². The van der Waals surface area contributed by atoms with Gasteiger partial charge in [-0.05, 0) is 63.4 Å². The fourth-order valence-electron chi connectivity index (χ4n) is 4.04. The molecule has 0 bridgehead atoms. The van der Waals surface area contributed by atoms with Gasteiger partial charge in [-0.3, -0.25) is 0 Å². The molecule has 0 spiro atoms. The molecule has 6 unspecified atom stereocenters. The van der Waals surface area contributed by atoms with E-state index in [9.17, 15) is 15.3 Å². The van der Waals surface area contributed by atoms with Crippen LogP contribution in [0.3, 0.4) is 0 Å². The molecule has 0 aromatic carbocycles. The van der Waals surface area contributed by atoms with Gasteiger partial charge in [-0.2, -0.15) is 0 Å². The summed E-state index contributed by atoms with van der Waals surface area (Å²) in [7, 11) is 0. The molecule has 0 amide bonds. The third-order valence-electron chi connectivity index (χ3n) is 6.02. The van der Waals surface area contributed by atoms with E-state index in [4.69, 9.17) is 16.7 Å². The summed E-state index contributed by atoms with van der Waals surface area (Å²) in [5.41, 5.74) is 0. The molecule has 6 heteroatoms. The number of thiophene rings is 1. The molecule has 0 aliphatic heterocycles.